The number of H-pyrrole nitrogens is 1. The van der Waals surface area contributed by atoms with Crippen LogP contribution in [0.2, 0.25) is 5.02 Å². The molecule has 1 atom stereocenters. The van der Waals surface area contributed by atoms with Crippen LogP contribution in [0.15, 0.2) is 53.3 Å². The van der Waals surface area contributed by atoms with E-state index in [0.29, 0.717) is 10.2 Å². The highest BCUT2D eigenvalue weighted by Crippen LogP contribution is 2.35. The van der Waals surface area contributed by atoms with Crippen molar-refractivity contribution in [3.05, 3.63) is 79.4 Å². The van der Waals surface area contributed by atoms with Crippen LogP contribution in [0.25, 0.3) is 21.3 Å². The molecule has 0 spiro atoms. The number of nitrogens with zero attached hydrogens (tertiary/aromatic N) is 1. The van der Waals surface area contributed by atoms with Gasteiger partial charge < -0.3 is 9.72 Å². The van der Waals surface area contributed by atoms with Gasteiger partial charge in [-0.25, -0.2) is 4.39 Å². The van der Waals surface area contributed by atoms with Crippen molar-refractivity contribution in [2.75, 3.05) is 5.43 Å². The first-order valence-electron chi connectivity index (χ1n) is 9.52. The average Bonchev–Trinajstić information content (AvgIpc) is 3.09. The number of thiophene rings is 1. The number of fused-ring (bicyclic) bond motifs is 1. The lowest BCUT2D eigenvalue weighted by Crippen LogP contribution is -2.40. The van der Waals surface area contributed by atoms with Gasteiger partial charge in [-0.1, -0.05) is 41.9 Å². The molecule has 0 radical (unpaired) electrons. The SMILES string of the molecule is Cc1sc2[nH]c(=S)n(NC(=O)[C@@H](C)Oc3ccc(F)cc3Cl)c(=O)c2c1-c1ccccc1. The van der Waals surface area contributed by atoms with Crippen molar-refractivity contribution in [2.45, 2.75) is 20.0 Å². The number of benzene rings is 2. The van der Waals surface area contributed by atoms with E-state index in [1.807, 2.05) is 37.3 Å². The quantitative estimate of drug-likeness (QED) is 0.367. The first kappa shape index (κ1) is 22.2. The van der Waals surface area contributed by atoms with Crippen LogP contribution >= 0.6 is 35.2 Å². The fraction of sp³-hybridized carbons (Fsp3) is 0.136. The van der Waals surface area contributed by atoms with Gasteiger partial charge in [-0.3, -0.25) is 15.0 Å². The number of amides is 1. The molecule has 1 amide bonds. The summed E-state index contributed by atoms with van der Waals surface area (Å²) in [5, 5.41) is 0.463. The number of ether oxygens (including phenoxy) is 1. The number of aromatic nitrogens is 2. The Morgan fingerprint density at radius 2 is 2.00 bits per heavy atom. The van der Waals surface area contributed by atoms with Crippen molar-refractivity contribution >= 4 is 51.3 Å². The Hall–Kier alpha value is -3.01. The Morgan fingerprint density at radius 3 is 2.69 bits per heavy atom. The molecule has 2 heterocycles. The summed E-state index contributed by atoms with van der Waals surface area (Å²) in [4.78, 5) is 30.6. The molecule has 10 heteroatoms. The number of carbonyl (C=O) groups excluding carboxylic acids is 1. The van der Waals surface area contributed by atoms with Crippen LogP contribution in [0.4, 0.5) is 4.39 Å². The summed E-state index contributed by atoms with van der Waals surface area (Å²) < 4.78 is 19.8. The van der Waals surface area contributed by atoms with Gasteiger partial charge in [-0.15, -0.1) is 11.3 Å². The van der Waals surface area contributed by atoms with Gasteiger partial charge in [0.05, 0.1) is 10.4 Å². The largest absolute Gasteiger partial charge is 0.479 e. The molecule has 6 nitrogen and oxygen atoms in total. The first-order chi connectivity index (χ1) is 15.3. The van der Waals surface area contributed by atoms with E-state index in [9.17, 15) is 14.0 Å². The highest BCUT2D eigenvalue weighted by Gasteiger charge is 2.21. The summed E-state index contributed by atoms with van der Waals surface area (Å²) in [6.45, 7) is 3.41. The average molecular weight is 490 g/mol. The molecular weight excluding hydrogens is 473 g/mol. The monoisotopic (exact) mass is 489 g/mol. The number of nitrogens with one attached hydrogen (secondary N) is 2. The maximum atomic E-state index is 13.3. The number of aryl methyl sites for hydroxylation is 1. The molecule has 164 valence electrons. The highest BCUT2D eigenvalue weighted by molar-refractivity contribution is 7.71. The molecule has 0 unspecified atom stereocenters. The van der Waals surface area contributed by atoms with Crippen molar-refractivity contribution in [3.8, 4) is 16.9 Å². The summed E-state index contributed by atoms with van der Waals surface area (Å²) in [6, 6.07) is 13.1. The van der Waals surface area contributed by atoms with Crippen LogP contribution in [0.5, 0.6) is 5.75 Å². The number of hydrogen-bond donors (Lipinski definition) is 2. The number of halogens is 2. The maximum Gasteiger partial charge on any atom is 0.282 e. The molecule has 4 rings (SSSR count). The normalized spacial score (nSPS) is 12.0. The lowest BCUT2D eigenvalue weighted by Gasteiger charge is -2.16. The molecule has 0 saturated heterocycles. The second kappa shape index (κ2) is 8.85. The Morgan fingerprint density at radius 1 is 1.28 bits per heavy atom. The van der Waals surface area contributed by atoms with Crippen LogP contribution in [-0.4, -0.2) is 21.7 Å². The lowest BCUT2D eigenvalue weighted by atomic mass is 10.0. The van der Waals surface area contributed by atoms with E-state index in [1.54, 1.807) is 0 Å². The lowest BCUT2D eigenvalue weighted by molar-refractivity contribution is -0.123. The summed E-state index contributed by atoms with van der Waals surface area (Å²) in [5.74, 6) is -1.01. The zero-order valence-electron chi connectivity index (χ0n) is 16.9. The number of aromatic amines is 1. The molecule has 32 heavy (non-hydrogen) atoms. The minimum Gasteiger partial charge on any atom is -0.479 e. The van der Waals surface area contributed by atoms with Crippen molar-refractivity contribution < 1.29 is 13.9 Å². The molecule has 0 aliphatic heterocycles. The van der Waals surface area contributed by atoms with Crippen molar-refractivity contribution in [1.82, 2.24) is 9.66 Å². The molecule has 2 aromatic carbocycles. The van der Waals surface area contributed by atoms with Crippen molar-refractivity contribution in [1.29, 1.82) is 0 Å². The molecule has 2 aromatic heterocycles. The fourth-order valence-electron chi connectivity index (χ4n) is 3.26. The van der Waals surface area contributed by atoms with E-state index in [4.69, 9.17) is 28.6 Å². The third-order valence-electron chi connectivity index (χ3n) is 4.78. The molecule has 0 saturated carbocycles. The maximum absolute atomic E-state index is 13.3. The number of carbonyl (C=O) groups is 1. The van der Waals surface area contributed by atoms with Gasteiger partial charge >= 0.3 is 0 Å². The standard InChI is InChI=1S/C22H17ClFN3O3S2/c1-11(30-16-9-8-14(24)10-15(16)23)19(28)26-27-21(29)18-17(13-6-4-3-5-7-13)12(2)32-20(18)25-22(27)31/h3-11H,1-2H3,(H,25,31)(H,26,28)/t11-/m1/s1. The molecule has 2 N–H and O–H groups in total. The van der Waals surface area contributed by atoms with Crippen molar-refractivity contribution in [3.63, 3.8) is 0 Å². The third kappa shape index (κ3) is 4.19. The highest BCUT2D eigenvalue weighted by atomic mass is 35.5. The smallest absolute Gasteiger partial charge is 0.282 e. The van der Waals surface area contributed by atoms with Gasteiger partial charge in [0.25, 0.3) is 11.5 Å². The Kier molecular flexibility index (Phi) is 6.14. The molecule has 0 fully saturated rings. The van der Waals surface area contributed by atoms with E-state index < -0.39 is 23.4 Å². The Balaban J connectivity index is 1.69. The first-order valence-corrected chi connectivity index (χ1v) is 11.1. The summed E-state index contributed by atoms with van der Waals surface area (Å²) in [6.07, 6.45) is -1.03. The second-order valence-electron chi connectivity index (χ2n) is 6.98. The predicted octanol–water partition coefficient (Wildman–Crippen LogP) is 5.43. The fourth-order valence-corrected chi connectivity index (χ4v) is 4.84. The Labute approximate surface area is 196 Å². The predicted molar refractivity (Wildman–Crippen MR) is 127 cm³/mol. The van der Waals surface area contributed by atoms with Crippen LogP contribution < -0.4 is 15.7 Å². The van der Waals surface area contributed by atoms with Crippen LogP contribution in [0.3, 0.4) is 0 Å². The topological polar surface area (TPSA) is 76.1 Å². The van der Waals surface area contributed by atoms with Gasteiger partial charge in [0.2, 0.25) is 4.77 Å². The minimum absolute atomic E-state index is 0.0294. The van der Waals surface area contributed by atoms with Crippen LogP contribution in [0, 0.1) is 17.5 Å². The molecule has 0 bridgehead atoms. The molecule has 0 aliphatic rings. The van der Waals surface area contributed by atoms with Crippen LogP contribution in [0.1, 0.15) is 11.8 Å². The zero-order valence-corrected chi connectivity index (χ0v) is 19.3. The van der Waals surface area contributed by atoms with Gasteiger partial charge in [-0.05, 0) is 49.8 Å². The molecule has 0 aliphatic carbocycles. The van der Waals surface area contributed by atoms with Gasteiger partial charge in [-0.2, -0.15) is 4.68 Å². The summed E-state index contributed by atoms with van der Waals surface area (Å²) in [7, 11) is 0. The summed E-state index contributed by atoms with van der Waals surface area (Å²) in [5.41, 5.74) is 3.72. The van der Waals surface area contributed by atoms with Crippen LogP contribution in [-0.2, 0) is 4.79 Å². The summed E-state index contributed by atoms with van der Waals surface area (Å²) >= 11 is 12.7. The van der Waals surface area contributed by atoms with Gasteiger partial charge in [0.1, 0.15) is 16.4 Å². The van der Waals surface area contributed by atoms with E-state index in [1.165, 1.54) is 30.4 Å². The number of rotatable bonds is 5. The van der Waals surface area contributed by atoms with E-state index in [2.05, 4.69) is 10.4 Å². The molecule has 4 aromatic rings. The second-order valence-corrected chi connectivity index (χ2v) is 9.00. The van der Waals surface area contributed by atoms with E-state index in [0.717, 1.165) is 26.7 Å². The third-order valence-corrected chi connectivity index (χ3v) is 6.38. The van der Waals surface area contributed by atoms with Crippen molar-refractivity contribution in [2.24, 2.45) is 0 Å². The van der Waals surface area contributed by atoms with Gasteiger partial charge in [0, 0.05) is 10.4 Å². The number of hydrogen-bond acceptors (Lipinski definition) is 5. The zero-order chi connectivity index (χ0) is 23.0. The minimum atomic E-state index is -1.03. The molecular formula is C22H17ClFN3O3S2. The van der Waals surface area contributed by atoms with Gasteiger partial charge in [0.15, 0.2) is 6.10 Å². The van der Waals surface area contributed by atoms with E-state index >= 15 is 0 Å². The van der Waals surface area contributed by atoms with E-state index in [-0.39, 0.29) is 15.5 Å². The Bertz CT molecular complexity index is 1450.